The first-order valence-electron chi connectivity index (χ1n) is 3.10. The first-order valence-corrected chi connectivity index (χ1v) is 3.48. The smallest absolute Gasteiger partial charge is 0.238 e. The van der Waals surface area contributed by atoms with Crippen molar-refractivity contribution in [2.24, 2.45) is 7.05 Å². The Kier molecular flexibility index (Phi) is 2.44. The van der Waals surface area contributed by atoms with Crippen LogP contribution < -0.4 is 0 Å². The Morgan fingerprint density at radius 3 is 2.92 bits per heavy atom. The summed E-state index contributed by atoms with van der Waals surface area (Å²) in [6.45, 7) is 0. The maximum Gasteiger partial charge on any atom is 0.238 e. The molecule has 0 saturated carbocycles. The molecule has 0 bridgehead atoms. The summed E-state index contributed by atoms with van der Waals surface area (Å²) in [5, 5.41) is 10.4. The van der Waals surface area contributed by atoms with Crippen molar-refractivity contribution < 1.29 is 4.92 Å². The molecule has 0 fully saturated rings. The molecule has 0 saturated heterocycles. The molecule has 0 aliphatic heterocycles. The lowest BCUT2D eigenvalue weighted by atomic mass is 10.6. The minimum atomic E-state index is -0.553. The van der Waals surface area contributed by atoms with Crippen LogP contribution in [0, 0.1) is 10.1 Å². The van der Waals surface area contributed by atoms with E-state index in [1.54, 1.807) is 11.6 Å². The maximum atomic E-state index is 9.94. The van der Waals surface area contributed by atoms with Crippen LogP contribution in [0.15, 0.2) is 12.4 Å². The van der Waals surface area contributed by atoms with E-state index in [2.05, 4.69) is 4.98 Å². The van der Waals surface area contributed by atoms with Crippen LogP contribution in [0.4, 0.5) is 0 Å². The molecule has 6 heteroatoms. The molecule has 0 amide bonds. The van der Waals surface area contributed by atoms with Gasteiger partial charge in [0.05, 0.1) is 17.2 Å². The molecule has 5 nitrogen and oxygen atoms in total. The zero-order valence-corrected chi connectivity index (χ0v) is 7.02. The highest BCUT2D eigenvalue weighted by Crippen LogP contribution is 2.09. The van der Waals surface area contributed by atoms with E-state index in [1.165, 1.54) is 12.3 Å². The molecule has 0 spiro atoms. The summed E-state index contributed by atoms with van der Waals surface area (Å²) in [4.78, 5) is 13.2. The molecular formula is C6H6ClN3O2. The third-order valence-electron chi connectivity index (χ3n) is 1.31. The highest BCUT2D eigenvalue weighted by molar-refractivity contribution is 6.29. The van der Waals surface area contributed by atoms with Gasteiger partial charge in [0, 0.05) is 7.05 Å². The van der Waals surface area contributed by atoms with Crippen molar-refractivity contribution in [3.63, 3.8) is 0 Å². The first kappa shape index (κ1) is 8.73. The number of aromatic nitrogens is 2. The minimum absolute atomic E-state index is 0.443. The maximum absolute atomic E-state index is 9.94. The van der Waals surface area contributed by atoms with E-state index in [1.807, 2.05) is 0 Å². The average Bonchev–Trinajstić information content (AvgIpc) is 2.30. The molecule has 0 aliphatic carbocycles. The fourth-order valence-electron chi connectivity index (χ4n) is 0.684. The minimum Gasteiger partial charge on any atom is -0.319 e. The summed E-state index contributed by atoms with van der Waals surface area (Å²) in [5.41, 5.74) is 0. The number of nitrogens with zero attached hydrogens (tertiary/aromatic N) is 3. The third-order valence-corrected chi connectivity index (χ3v) is 1.66. The second-order valence-electron chi connectivity index (χ2n) is 2.10. The van der Waals surface area contributed by atoms with Crippen LogP contribution in [-0.2, 0) is 7.05 Å². The highest BCUT2D eigenvalue weighted by Gasteiger charge is 2.00. The molecule has 0 N–H and O–H groups in total. The summed E-state index contributed by atoms with van der Waals surface area (Å²) < 4.78 is 1.54. The van der Waals surface area contributed by atoms with Crippen LogP contribution in [0.5, 0.6) is 0 Å². The van der Waals surface area contributed by atoms with Gasteiger partial charge in [-0.1, -0.05) is 11.6 Å². The largest absolute Gasteiger partial charge is 0.319 e. The Hall–Kier alpha value is -1.36. The van der Waals surface area contributed by atoms with Gasteiger partial charge in [0.15, 0.2) is 0 Å². The number of imidazole rings is 1. The number of nitro groups is 1. The first-order chi connectivity index (χ1) is 5.61. The quantitative estimate of drug-likeness (QED) is 0.518. The van der Waals surface area contributed by atoms with Gasteiger partial charge in [-0.15, -0.1) is 0 Å². The lowest BCUT2D eigenvalue weighted by Crippen LogP contribution is -1.92. The molecule has 1 aromatic heterocycles. The van der Waals surface area contributed by atoms with E-state index >= 15 is 0 Å². The van der Waals surface area contributed by atoms with Crippen molar-refractivity contribution in [3.8, 4) is 0 Å². The fourth-order valence-corrected chi connectivity index (χ4v) is 0.820. The number of hydrogen-bond acceptors (Lipinski definition) is 3. The second kappa shape index (κ2) is 3.36. The number of halogens is 1. The Morgan fingerprint density at radius 1 is 1.83 bits per heavy atom. The van der Waals surface area contributed by atoms with Gasteiger partial charge in [-0.2, -0.15) is 0 Å². The highest BCUT2D eigenvalue weighted by atomic mass is 35.5. The number of rotatable bonds is 2. The van der Waals surface area contributed by atoms with Crippen LogP contribution in [0.3, 0.4) is 0 Å². The van der Waals surface area contributed by atoms with Crippen molar-refractivity contribution in [3.05, 3.63) is 33.5 Å². The lowest BCUT2D eigenvalue weighted by Gasteiger charge is -1.93. The van der Waals surface area contributed by atoms with Gasteiger partial charge in [-0.05, 0) is 0 Å². The van der Waals surface area contributed by atoms with Crippen LogP contribution in [0.1, 0.15) is 5.82 Å². The van der Waals surface area contributed by atoms with E-state index in [0.29, 0.717) is 11.0 Å². The molecule has 1 aromatic rings. The van der Waals surface area contributed by atoms with Gasteiger partial charge in [0.2, 0.25) is 6.20 Å². The number of hydrogen-bond donors (Lipinski definition) is 0. The van der Waals surface area contributed by atoms with Gasteiger partial charge in [-0.25, -0.2) is 4.98 Å². The zero-order chi connectivity index (χ0) is 9.14. The van der Waals surface area contributed by atoms with Gasteiger partial charge in [0.25, 0.3) is 0 Å². The Bertz CT molecular complexity index is 332. The van der Waals surface area contributed by atoms with E-state index in [9.17, 15) is 10.1 Å². The molecule has 0 aromatic carbocycles. The Labute approximate surface area is 73.4 Å². The molecule has 1 heterocycles. The monoisotopic (exact) mass is 187 g/mol. The van der Waals surface area contributed by atoms with E-state index in [-0.39, 0.29) is 0 Å². The van der Waals surface area contributed by atoms with Crippen molar-refractivity contribution >= 4 is 17.7 Å². The molecule has 0 radical (unpaired) electrons. The summed E-state index contributed by atoms with van der Waals surface area (Å²) in [7, 11) is 1.68. The molecule has 64 valence electrons. The Morgan fingerprint density at radius 2 is 2.50 bits per heavy atom. The molecule has 1 rings (SSSR count). The fraction of sp³-hybridized carbons (Fsp3) is 0.167. The van der Waals surface area contributed by atoms with Crippen molar-refractivity contribution in [1.29, 1.82) is 0 Å². The van der Waals surface area contributed by atoms with Crippen molar-refractivity contribution in [1.82, 2.24) is 9.55 Å². The summed E-state index contributed by atoms with van der Waals surface area (Å²) >= 11 is 5.64. The molecular weight excluding hydrogens is 182 g/mol. The zero-order valence-electron chi connectivity index (χ0n) is 6.27. The van der Waals surface area contributed by atoms with E-state index < -0.39 is 4.92 Å². The second-order valence-corrected chi connectivity index (χ2v) is 2.49. The van der Waals surface area contributed by atoms with Gasteiger partial charge >= 0.3 is 0 Å². The SMILES string of the molecule is Cn1c(Cl)cnc1C=C[N+](=O)[O-]. The van der Waals surface area contributed by atoms with Crippen LogP contribution in [0.25, 0.3) is 6.08 Å². The van der Waals surface area contributed by atoms with E-state index in [0.717, 1.165) is 6.20 Å². The summed E-state index contributed by atoms with van der Waals surface area (Å²) in [6.07, 6.45) is 3.53. The van der Waals surface area contributed by atoms with Crippen LogP contribution in [-0.4, -0.2) is 14.5 Å². The topological polar surface area (TPSA) is 61.0 Å². The van der Waals surface area contributed by atoms with E-state index in [4.69, 9.17) is 11.6 Å². The van der Waals surface area contributed by atoms with Gasteiger partial charge in [0.1, 0.15) is 11.0 Å². The van der Waals surface area contributed by atoms with Crippen molar-refractivity contribution in [2.75, 3.05) is 0 Å². The van der Waals surface area contributed by atoms with Crippen LogP contribution in [0.2, 0.25) is 5.15 Å². The van der Waals surface area contributed by atoms with Gasteiger partial charge in [-0.3, -0.25) is 10.1 Å². The van der Waals surface area contributed by atoms with Gasteiger partial charge < -0.3 is 4.57 Å². The van der Waals surface area contributed by atoms with Crippen LogP contribution >= 0.6 is 11.6 Å². The predicted molar refractivity (Wildman–Crippen MR) is 44.2 cm³/mol. The predicted octanol–water partition coefficient (Wildman–Crippen LogP) is 1.32. The molecule has 0 aliphatic rings. The molecule has 12 heavy (non-hydrogen) atoms. The standard InChI is InChI=1S/C6H6ClN3O2/c1-9-5(7)4-8-6(9)2-3-10(11)12/h2-4H,1H3. The summed E-state index contributed by atoms with van der Waals surface area (Å²) in [5.74, 6) is 0.455. The third kappa shape index (κ3) is 1.82. The normalized spacial score (nSPS) is 10.8. The Balaban J connectivity index is 2.90. The average molecular weight is 188 g/mol. The lowest BCUT2D eigenvalue weighted by molar-refractivity contribution is -0.401. The summed E-state index contributed by atoms with van der Waals surface area (Å²) in [6, 6.07) is 0. The molecule has 0 unspecified atom stereocenters. The molecule has 0 atom stereocenters. The van der Waals surface area contributed by atoms with Crippen molar-refractivity contribution in [2.45, 2.75) is 0 Å².